The molecular formula is C36H41FN2O4. The number of likely N-dealkylation sites (tertiary alicyclic amines) is 1. The number of aryl methyl sites for hydroxylation is 1. The summed E-state index contributed by atoms with van der Waals surface area (Å²) in [6, 6.07) is 18.8. The second-order valence-electron chi connectivity index (χ2n) is 11.1. The molecule has 43 heavy (non-hydrogen) atoms. The summed E-state index contributed by atoms with van der Waals surface area (Å²) in [4.78, 5) is 24.5. The van der Waals surface area contributed by atoms with Gasteiger partial charge in [0.15, 0.2) is 0 Å². The molecule has 0 radical (unpaired) electrons. The van der Waals surface area contributed by atoms with Crippen LogP contribution < -0.4 is 10.5 Å². The summed E-state index contributed by atoms with van der Waals surface area (Å²) < 4.78 is 18.6. The monoisotopic (exact) mass is 584 g/mol. The van der Waals surface area contributed by atoms with Gasteiger partial charge in [-0.3, -0.25) is 14.5 Å². The number of piperidine rings is 1. The van der Waals surface area contributed by atoms with Crippen LogP contribution in [0.25, 0.3) is 21.9 Å². The first-order valence-electron chi connectivity index (χ1n) is 14.9. The first kappa shape index (κ1) is 31.7. The Morgan fingerprint density at radius 1 is 1.02 bits per heavy atom. The van der Waals surface area contributed by atoms with Crippen molar-refractivity contribution in [3.05, 3.63) is 102 Å². The van der Waals surface area contributed by atoms with E-state index in [2.05, 4.69) is 54.5 Å². The van der Waals surface area contributed by atoms with Crippen molar-refractivity contribution < 1.29 is 23.8 Å². The summed E-state index contributed by atoms with van der Waals surface area (Å²) in [7, 11) is 1.73. The topological polar surface area (TPSA) is 92.9 Å². The molecule has 1 saturated carbocycles. The number of nitrogens with zero attached hydrogens (tertiary/aromatic N) is 1. The number of carboxylic acid groups (broad SMARTS) is 1. The third-order valence-corrected chi connectivity index (χ3v) is 8.11. The van der Waals surface area contributed by atoms with E-state index in [0.29, 0.717) is 12.0 Å². The normalized spacial score (nSPS) is 15.6. The lowest BCUT2D eigenvalue weighted by molar-refractivity contribution is -0.137. The van der Waals surface area contributed by atoms with E-state index in [0.717, 1.165) is 65.7 Å². The Morgan fingerprint density at radius 2 is 1.67 bits per heavy atom. The average molecular weight is 585 g/mol. The summed E-state index contributed by atoms with van der Waals surface area (Å²) in [6.45, 7) is 9.82. The Morgan fingerprint density at radius 3 is 2.28 bits per heavy atom. The number of primary amides is 1. The lowest BCUT2D eigenvalue weighted by atomic mass is 9.91. The number of hydrogen-bond donors (Lipinski definition) is 2. The van der Waals surface area contributed by atoms with Crippen LogP contribution in [0.4, 0.5) is 4.39 Å². The number of aliphatic carboxylic acids is 1. The van der Waals surface area contributed by atoms with Gasteiger partial charge >= 0.3 is 5.97 Å². The van der Waals surface area contributed by atoms with E-state index in [1.54, 1.807) is 7.11 Å². The fourth-order valence-corrected chi connectivity index (χ4v) is 5.89. The van der Waals surface area contributed by atoms with Gasteiger partial charge in [-0.05, 0) is 90.2 Å². The van der Waals surface area contributed by atoms with Crippen molar-refractivity contribution in [1.82, 2.24) is 4.90 Å². The molecule has 0 aromatic heterocycles. The van der Waals surface area contributed by atoms with Gasteiger partial charge in [0.05, 0.1) is 12.7 Å². The molecular weight excluding hydrogens is 543 g/mol. The van der Waals surface area contributed by atoms with E-state index in [1.807, 2.05) is 18.2 Å². The fraction of sp³-hybridized carbons (Fsp3) is 0.333. The number of halogens is 1. The molecule has 5 rings (SSSR count). The van der Waals surface area contributed by atoms with Crippen LogP contribution in [0.15, 0.2) is 90.8 Å². The third-order valence-electron chi connectivity index (χ3n) is 8.11. The van der Waals surface area contributed by atoms with Crippen molar-refractivity contribution in [2.24, 2.45) is 11.7 Å². The third kappa shape index (κ3) is 7.99. The van der Waals surface area contributed by atoms with Crippen LogP contribution >= 0.6 is 0 Å². The fourth-order valence-electron chi connectivity index (χ4n) is 5.89. The van der Waals surface area contributed by atoms with Gasteiger partial charge in [-0.2, -0.15) is 0 Å². The van der Waals surface area contributed by atoms with E-state index in [9.17, 15) is 14.0 Å². The first-order chi connectivity index (χ1) is 20.7. The quantitative estimate of drug-likeness (QED) is 0.181. The number of nitrogens with two attached hydrogens (primary N) is 1. The number of rotatable bonds is 11. The van der Waals surface area contributed by atoms with Crippen molar-refractivity contribution in [2.45, 2.75) is 51.5 Å². The number of amides is 1. The molecule has 0 bridgehead atoms. The molecule has 3 aromatic carbocycles. The van der Waals surface area contributed by atoms with Crippen LogP contribution in [-0.4, -0.2) is 42.1 Å². The Bertz CT molecular complexity index is 1520. The molecule has 0 atom stereocenters. The first-order valence-corrected chi connectivity index (χ1v) is 14.9. The molecule has 3 aromatic rings. The second-order valence-corrected chi connectivity index (χ2v) is 11.1. The van der Waals surface area contributed by atoms with Gasteiger partial charge in [0.2, 0.25) is 0 Å². The van der Waals surface area contributed by atoms with Crippen molar-refractivity contribution in [3.63, 3.8) is 0 Å². The van der Waals surface area contributed by atoms with Crippen LogP contribution in [0.1, 0.15) is 49.7 Å². The largest absolute Gasteiger partial charge is 0.496 e. The highest BCUT2D eigenvalue weighted by atomic mass is 19.1. The zero-order chi connectivity index (χ0) is 30.9. The molecule has 2 fully saturated rings. The standard InChI is InChI=1S/C26H29NO3.C10H12FNO/c1-30-24-13-6-9-20(18-27-16-3-2-4-17-27)26(24)23-12-7-10-21-19(14-15-25(28)29)8-5-11-22(21)23;1-3-8(7-4-5-7)9(6(2)11)10(12)13/h5-13H,2-4,14-18H2,1H3,(H,28,29);3,7H,1-2,4-5H2,(H2,12,13)/b;9-8-. The number of hydrogen-bond acceptors (Lipinski definition) is 4. The molecule has 1 saturated heterocycles. The van der Waals surface area contributed by atoms with Gasteiger partial charge in [-0.25, -0.2) is 4.39 Å². The van der Waals surface area contributed by atoms with Gasteiger partial charge < -0.3 is 15.6 Å². The van der Waals surface area contributed by atoms with Crippen molar-refractivity contribution in [1.29, 1.82) is 0 Å². The Balaban J connectivity index is 0.000000273. The van der Waals surface area contributed by atoms with E-state index >= 15 is 0 Å². The highest BCUT2D eigenvalue weighted by molar-refractivity contribution is 6.00. The van der Waals surface area contributed by atoms with Crippen LogP contribution in [-0.2, 0) is 22.6 Å². The molecule has 7 heteroatoms. The molecule has 226 valence electrons. The lowest BCUT2D eigenvalue weighted by Gasteiger charge is -2.28. The Hall–Kier alpha value is -4.23. The maximum atomic E-state index is 12.8. The number of allylic oxidation sites excluding steroid dienone is 2. The van der Waals surface area contributed by atoms with Crippen molar-refractivity contribution >= 4 is 22.6 Å². The number of carbonyl (C=O) groups is 2. The minimum absolute atomic E-state index is 0.0995. The minimum Gasteiger partial charge on any atom is -0.496 e. The highest BCUT2D eigenvalue weighted by Crippen LogP contribution is 2.40. The molecule has 0 spiro atoms. The maximum Gasteiger partial charge on any atom is 0.303 e. The molecule has 1 aliphatic heterocycles. The van der Waals surface area contributed by atoms with Crippen LogP contribution in [0.2, 0.25) is 0 Å². The summed E-state index contributed by atoms with van der Waals surface area (Å²) in [5.41, 5.74) is 10.2. The van der Waals surface area contributed by atoms with E-state index in [4.69, 9.17) is 15.6 Å². The predicted molar refractivity (Wildman–Crippen MR) is 170 cm³/mol. The number of ether oxygens (including phenoxy) is 1. The molecule has 1 amide bonds. The number of methoxy groups -OCH3 is 1. The minimum atomic E-state index is -0.769. The number of fused-ring (bicyclic) bond motifs is 1. The molecule has 0 unspecified atom stereocenters. The van der Waals surface area contributed by atoms with Gasteiger partial charge in [0.1, 0.15) is 11.6 Å². The Kier molecular flexibility index (Phi) is 10.9. The Labute approximate surface area is 253 Å². The van der Waals surface area contributed by atoms with Crippen LogP contribution in [0, 0.1) is 5.92 Å². The van der Waals surface area contributed by atoms with E-state index in [-0.39, 0.29) is 17.9 Å². The summed E-state index contributed by atoms with van der Waals surface area (Å²) in [5, 5.41) is 11.4. The number of carbonyl (C=O) groups excluding carboxylic acids is 1. The predicted octanol–water partition coefficient (Wildman–Crippen LogP) is 7.37. The van der Waals surface area contributed by atoms with E-state index in [1.165, 1.54) is 30.9 Å². The highest BCUT2D eigenvalue weighted by Gasteiger charge is 2.29. The van der Waals surface area contributed by atoms with Gasteiger partial charge in [-0.15, -0.1) is 0 Å². The van der Waals surface area contributed by atoms with E-state index < -0.39 is 17.7 Å². The molecule has 3 N–H and O–H groups in total. The van der Waals surface area contributed by atoms with Gasteiger partial charge in [0, 0.05) is 18.5 Å². The van der Waals surface area contributed by atoms with Crippen molar-refractivity contribution in [3.8, 4) is 16.9 Å². The zero-order valence-corrected chi connectivity index (χ0v) is 24.9. The lowest BCUT2D eigenvalue weighted by Crippen LogP contribution is -2.29. The van der Waals surface area contributed by atoms with Gasteiger partial charge in [-0.1, -0.05) is 74.2 Å². The molecule has 6 nitrogen and oxygen atoms in total. The average Bonchev–Trinajstić information content (AvgIpc) is 3.84. The van der Waals surface area contributed by atoms with Crippen LogP contribution in [0.5, 0.6) is 5.75 Å². The summed E-state index contributed by atoms with van der Waals surface area (Å²) in [6.07, 6.45) is 7.94. The molecule has 1 aliphatic carbocycles. The summed E-state index contributed by atoms with van der Waals surface area (Å²) >= 11 is 0. The number of carboxylic acids is 1. The van der Waals surface area contributed by atoms with Crippen molar-refractivity contribution in [2.75, 3.05) is 20.2 Å². The maximum absolute atomic E-state index is 12.8. The van der Waals surface area contributed by atoms with Crippen LogP contribution in [0.3, 0.4) is 0 Å². The zero-order valence-electron chi connectivity index (χ0n) is 24.9. The molecule has 1 heterocycles. The SMILES string of the molecule is C=C/C(=C(\C(=C)F)C(N)=O)C1CC1.COc1cccc(CN2CCCCC2)c1-c1cccc2c(CCC(=O)O)cccc12. The molecule has 2 aliphatic rings. The van der Waals surface area contributed by atoms with Gasteiger partial charge in [0.25, 0.3) is 5.91 Å². The summed E-state index contributed by atoms with van der Waals surface area (Å²) in [5.74, 6) is -1.18. The number of benzene rings is 3. The second kappa shape index (κ2) is 14.8. The smallest absolute Gasteiger partial charge is 0.303 e.